The normalized spacial score (nSPS) is 11.5. The van der Waals surface area contributed by atoms with Crippen LogP contribution in [0.1, 0.15) is 25.0 Å². The van der Waals surface area contributed by atoms with E-state index in [0.717, 1.165) is 5.56 Å². The zero-order valence-corrected chi connectivity index (χ0v) is 12.1. The highest BCUT2D eigenvalue weighted by atomic mass is 31.2. The van der Waals surface area contributed by atoms with Crippen LogP contribution >= 0.6 is 7.60 Å². The van der Waals surface area contributed by atoms with Crippen molar-refractivity contribution in [1.82, 2.24) is 0 Å². The van der Waals surface area contributed by atoms with Gasteiger partial charge in [-0.2, -0.15) is 0 Å². The predicted molar refractivity (Wildman–Crippen MR) is 72.3 cm³/mol. The second kappa shape index (κ2) is 7.43. The Hall–Kier alpha value is -1.16. The number of carboxylic acid groups (broad SMARTS) is 1. The third kappa shape index (κ3) is 5.55. The van der Waals surface area contributed by atoms with Crippen molar-refractivity contribution in [3.63, 3.8) is 0 Å². The lowest BCUT2D eigenvalue weighted by Gasteiger charge is -2.17. The van der Waals surface area contributed by atoms with Crippen molar-refractivity contribution >= 4 is 13.6 Å². The number of hydrogen-bond acceptors (Lipinski definition) is 4. The van der Waals surface area contributed by atoms with Crippen molar-refractivity contribution in [3.8, 4) is 0 Å². The highest BCUT2D eigenvalue weighted by Gasteiger charge is 2.23. The summed E-state index contributed by atoms with van der Waals surface area (Å²) in [5.74, 6) is -0.873. The summed E-state index contributed by atoms with van der Waals surface area (Å²) in [4.78, 5) is 10.6. The average Bonchev–Trinajstić information content (AvgIpc) is 2.31. The van der Waals surface area contributed by atoms with Gasteiger partial charge < -0.3 is 14.2 Å². The van der Waals surface area contributed by atoms with E-state index < -0.39 is 13.6 Å². The van der Waals surface area contributed by atoms with Gasteiger partial charge in [0.25, 0.3) is 0 Å². The monoisotopic (exact) mass is 286 g/mol. The maximum atomic E-state index is 12.3. The molecule has 0 saturated carbocycles. The van der Waals surface area contributed by atoms with Crippen LogP contribution < -0.4 is 0 Å². The molecule has 0 aromatic heterocycles. The van der Waals surface area contributed by atoms with E-state index in [-0.39, 0.29) is 12.6 Å². The molecule has 0 aliphatic carbocycles. The largest absolute Gasteiger partial charge is 0.481 e. The Kier molecular flexibility index (Phi) is 6.22. The first-order valence-electron chi connectivity index (χ1n) is 6.17. The van der Waals surface area contributed by atoms with Crippen LogP contribution in [0.25, 0.3) is 0 Å². The van der Waals surface area contributed by atoms with Gasteiger partial charge in [0.2, 0.25) is 0 Å². The molecule has 0 heterocycles. The van der Waals surface area contributed by atoms with Crippen LogP contribution in [0.2, 0.25) is 0 Å². The molecule has 0 amide bonds. The molecule has 1 aromatic carbocycles. The van der Waals surface area contributed by atoms with Crippen molar-refractivity contribution < 1.29 is 23.5 Å². The molecule has 0 radical (unpaired) electrons. The van der Waals surface area contributed by atoms with Gasteiger partial charge >= 0.3 is 13.6 Å². The molecular formula is C13H19O5P. The van der Waals surface area contributed by atoms with Crippen molar-refractivity contribution in [2.24, 2.45) is 0 Å². The second-order valence-corrected chi connectivity index (χ2v) is 6.05. The Morgan fingerprint density at radius 1 is 1.11 bits per heavy atom. The lowest BCUT2D eigenvalue weighted by molar-refractivity contribution is -0.136. The quantitative estimate of drug-likeness (QED) is 0.743. The summed E-state index contributed by atoms with van der Waals surface area (Å²) in [6, 6.07) is 6.93. The van der Waals surface area contributed by atoms with Crippen LogP contribution in [0, 0.1) is 0 Å². The van der Waals surface area contributed by atoms with E-state index in [1.807, 2.05) is 0 Å². The van der Waals surface area contributed by atoms with Crippen LogP contribution in [0.15, 0.2) is 24.3 Å². The fourth-order valence-corrected chi connectivity index (χ4v) is 3.38. The van der Waals surface area contributed by atoms with Crippen molar-refractivity contribution in [1.29, 1.82) is 0 Å². The zero-order valence-electron chi connectivity index (χ0n) is 11.2. The first kappa shape index (κ1) is 15.9. The summed E-state index contributed by atoms with van der Waals surface area (Å²) >= 11 is 0. The fraction of sp³-hybridized carbons (Fsp3) is 0.462. The van der Waals surface area contributed by atoms with Gasteiger partial charge in [0.05, 0.1) is 25.8 Å². The Labute approximate surface area is 113 Å². The minimum Gasteiger partial charge on any atom is -0.481 e. The van der Waals surface area contributed by atoms with Gasteiger partial charge in [-0.05, 0) is 25.0 Å². The topological polar surface area (TPSA) is 72.8 Å². The zero-order chi connectivity index (χ0) is 14.3. The summed E-state index contributed by atoms with van der Waals surface area (Å²) in [6.45, 7) is 4.19. The molecule has 0 aliphatic heterocycles. The van der Waals surface area contributed by atoms with Gasteiger partial charge in [0.15, 0.2) is 0 Å². The molecule has 1 rings (SSSR count). The Morgan fingerprint density at radius 3 is 2.00 bits per heavy atom. The van der Waals surface area contributed by atoms with Crippen LogP contribution in [0.3, 0.4) is 0 Å². The van der Waals surface area contributed by atoms with Crippen molar-refractivity contribution in [3.05, 3.63) is 35.4 Å². The molecule has 5 nitrogen and oxygen atoms in total. The molecule has 0 spiro atoms. The Balaban J connectivity index is 2.75. The van der Waals surface area contributed by atoms with E-state index in [1.165, 1.54) is 0 Å². The summed E-state index contributed by atoms with van der Waals surface area (Å²) in [7, 11) is -3.10. The SMILES string of the molecule is CCOP(=O)(Cc1ccc(CC(=O)O)cc1)OCC. The number of rotatable bonds is 8. The van der Waals surface area contributed by atoms with Gasteiger partial charge in [0, 0.05) is 0 Å². The molecular weight excluding hydrogens is 267 g/mol. The Morgan fingerprint density at radius 2 is 1.58 bits per heavy atom. The van der Waals surface area contributed by atoms with Crippen LogP contribution in [-0.2, 0) is 31.0 Å². The van der Waals surface area contributed by atoms with Gasteiger partial charge in [-0.1, -0.05) is 24.3 Å². The number of hydrogen-bond donors (Lipinski definition) is 1. The highest BCUT2D eigenvalue weighted by Crippen LogP contribution is 2.51. The van der Waals surface area contributed by atoms with Crippen LogP contribution in [-0.4, -0.2) is 24.3 Å². The van der Waals surface area contributed by atoms with E-state index in [2.05, 4.69) is 0 Å². The number of carboxylic acids is 1. The fourth-order valence-electron chi connectivity index (χ4n) is 1.68. The van der Waals surface area contributed by atoms with Gasteiger partial charge in [-0.25, -0.2) is 0 Å². The molecule has 0 atom stereocenters. The van der Waals surface area contributed by atoms with Crippen LogP contribution in [0.5, 0.6) is 0 Å². The average molecular weight is 286 g/mol. The standard InChI is InChI=1S/C13H19O5P/c1-3-17-19(16,18-4-2)10-12-7-5-11(6-8-12)9-13(14)15/h5-8H,3-4,9-10H2,1-2H3,(H,14,15). The van der Waals surface area contributed by atoms with E-state index >= 15 is 0 Å². The van der Waals surface area contributed by atoms with Crippen molar-refractivity contribution in [2.75, 3.05) is 13.2 Å². The minimum absolute atomic E-state index is 0.0190. The molecule has 0 fully saturated rings. The van der Waals surface area contributed by atoms with Crippen LogP contribution in [0.4, 0.5) is 0 Å². The highest BCUT2D eigenvalue weighted by molar-refractivity contribution is 7.53. The van der Waals surface area contributed by atoms with E-state index in [4.69, 9.17) is 14.2 Å². The molecule has 0 aliphatic rings. The number of carbonyl (C=O) groups is 1. The van der Waals surface area contributed by atoms with Crippen molar-refractivity contribution in [2.45, 2.75) is 26.4 Å². The third-order valence-electron chi connectivity index (χ3n) is 2.41. The lowest BCUT2D eigenvalue weighted by atomic mass is 10.1. The molecule has 1 N–H and O–H groups in total. The van der Waals surface area contributed by atoms with Gasteiger partial charge in [-0.3, -0.25) is 9.36 Å². The summed E-state index contributed by atoms with van der Waals surface area (Å²) in [6.07, 6.45) is 0.177. The first-order valence-corrected chi connectivity index (χ1v) is 7.89. The Bertz CT molecular complexity index is 445. The molecule has 0 bridgehead atoms. The summed E-state index contributed by atoms with van der Waals surface area (Å²) in [5, 5.41) is 8.68. The summed E-state index contributed by atoms with van der Waals surface area (Å²) in [5.41, 5.74) is 1.51. The van der Waals surface area contributed by atoms with E-state index in [0.29, 0.717) is 18.8 Å². The molecule has 6 heteroatoms. The van der Waals surface area contributed by atoms with E-state index in [9.17, 15) is 9.36 Å². The van der Waals surface area contributed by atoms with Gasteiger partial charge in [0.1, 0.15) is 0 Å². The third-order valence-corrected chi connectivity index (χ3v) is 4.46. The number of benzene rings is 1. The molecule has 19 heavy (non-hydrogen) atoms. The minimum atomic E-state index is -3.10. The number of aliphatic carboxylic acids is 1. The maximum absolute atomic E-state index is 12.3. The molecule has 0 saturated heterocycles. The maximum Gasteiger partial charge on any atom is 0.335 e. The smallest absolute Gasteiger partial charge is 0.335 e. The summed E-state index contributed by atoms with van der Waals surface area (Å²) < 4.78 is 22.7. The lowest BCUT2D eigenvalue weighted by Crippen LogP contribution is -2.01. The molecule has 1 aromatic rings. The molecule has 106 valence electrons. The predicted octanol–water partition coefficient (Wildman–Crippen LogP) is 3.08. The second-order valence-electron chi connectivity index (χ2n) is 3.99. The van der Waals surface area contributed by atoms with Gasteiger partial charge in [-0.15, -0.1) is 0 Å². The first-order chi connectivity index (χ1) is 8.99. The van der Waals surface area contributed by atoms with E-state index in [1.54, 1.807) is 38.1 Å². The molecule has 0 unspecified atom stereocenters.